The molecule has 6 heteroatoms. The first-order valence-electron chi connectivity index (χ1n) is 3.55. The molecule has 1 rings (SSSR count). The van der Waals surface area contributed by atoms with Crippen molar-refractivity contribution in [2.24, 2.45) is 7.05 Å². The molecule has 0 saturated heterocycles. The third kappa shape index (κ3) is 3.22. The second-order valence-corrected chi connectivity index (χ2v) is 3.86. The van der Waals surface area contributed by atoms with E-state index in [-0.39, 0.29) is 26.9 Å². The van der Waals surface area contributed by atoms with Crippen molar-refractivity contribution in [3.8, 4) is 0 Å². The lowest BCUT2D eigenvalue weighted by Gasteiger charge is -1.95. The van der Waals surface area contributed by atoms with E-state index in [9.17, 15) is 0 Å². The number of nitrogens with zero attached hydrogens (tertiary/aromatic N) is 2. The maximum atomic E-state index is 4.88. The number of imidazole rings is 1. The first-order chi connectivity index (χ1) is 5.79. The van der Waals surface area contributed by atoms with Gasteiger partial charge in [0.05, 0.1) is 13.5 Å². The fourth-order valence-electron chi connectivity index (χ4n) is 1.01. The van der Waals surface area contributed by atoms with Crippen LogP contribution in [-0.2, 0) is 17.6 Å². The van der Waals surface area contributed by atoms with E-state index in [4.69, 9.17) is 4.12 Å². The lowest BCUT2D eigenvalue weighted by atomic mass is 10.4. The topological polar surface area (TPSA) is 18.0 Å². The number of aryl methyl sites for hydroxylation is 1. The standard InChI is InChI=1S/C7H10N2OSi2.BrH/c1-3-4-7-8(2)5-6-9(7)12-10-11;/h3,5-6H,1,4H2,2H3;1H/q+1;/p-1. The smallest absolute Gasteiger partial charge is 0.534 e. The highest BCUT2D eigenvalue weighted by molar-refractivity contribution is 6.32. The van der Waals surface area contributed by atoms with Gasteiger partial charge < -0.3 is 21.1 Å². The largest absolute Gasteiger partial charge is 1.00 e. The third-order valence-electron chi connectivity index (χ3n) is 1.60. The second kappa shape index (κ2) is 6.30. The van der Waals surface area contributed by atoms with Crippen molar-refractivity contribution in [2.75, 3.05) is 0 Å². The van der Waals surface area contributed by atoms with Crippen LogP contribution < -0.4 is 21.5 Å². The fraction of sp³-hybridized carbons (Fsp3) is 0.286. The highest BCUT2D eigenvalue weighted by Crippen LogP contribution is 1.93. The van der Waals surface area contributed by atoms with Crippen molar-refractivity contribution < 1.29 is 25.7 Å². The molecule has 69 valence electrons. The number of rotatable bonds is 4. The summed E-state index contributed by atoms with van der Waals surface area (Å²) >= 11 is 0. The molecule has 0 atom stereocenters. The summed E-state index contributed by atoms with van der Waals surface area (Å²) in [5.74, 6) is 1.18. The molecule has 0 aliphatic carbocycles. The van der Waals surface area contributed by atoms with Crippen LogP contribution in [0.5, 0.6) is 0 Å². The van der Waals surface area contributed by atoms with Crippen molar-refractivity contribution in [3.63, 3.8) is 0 Å². The monoisotopic (exact) mass is 273 g/mol. The molecule has 0 aromatic carbocycles. The highest BCUT2D eigenvalue weighted by atomic mass is 79.9. The van der Waals surface area contributed by atoms with Gasteiger partial charge in [-0.05, 0) is 0 Å². The molecule has 0 aliphatic heterocycles. The number of aromatic nitrogens is 2. The Morgan fingerprint density at radius 1 is 1.85 bits per heavy atom. The Morgan fingerprint density at radius 3 is 3.08 bits per heavy atom. The number of allylic oxidation sites excluding steroid dienone is 1. The van der Waals surface area contributed by atoms with Crippen LogP contribution in [-0.4, -0.2) is 24.6 Å². The van der Waals surface area contributed by atoms with E-state index in [0.717, 1.165) is 6.42 Å². The van der Waals surface area contributed by atoms with E-state index in [2.05, 4.69) is 21.6 Å². The minimum absolute atomic E-state index is 0. The molecule has 0 aliphatic rings. The Bertz CT molecular complexity index is 277. The van der Waals surface area contributed by atoms with Crippen LogP contribution in [0.4, 0.5) is 0 Å². The molecule has 0 unspecified atom stereocenters. The average Bonchev–Trinajstić information content (AvgIpc) is 2.37. The summed E-state index contributed by atoms with van der Waals surface area (Å²) in [6, 6.07) is 0. The van der Waals surface area contributed by atoms with E-state index in [1.807, 2.05) is 29.8 Å². The molecule has 0 N–H and O–H groups in total. The van der Waals surface area contributed by atoms with E-state index in [1.165, 1.54) is 5.82 Å². The molecule has 0 spiro atoms. The molecule has 0 fully saturated rings. The predicted molar refractivity (Wildman–Crippen MR) is 47.5 cm³/mol. The fourth-order valence-corrected chi connectivity index (χ4v) is 1.89. The van der Waals surface area contributed by atoms with Gasteiger partial charge in [-0.15, -0.1) is 6.58 Å². The summed E-state index contributed by atoms with van der Waals surface area (Å²) in [4.78, 5) is 0. The molecule has 1 heterocycles. The van der Waals surface area contributed by atoms with Crippen molar-refractivity contribution in [2.45, 2.75) is 6.42 Å². The maximum absolute atomic E-state index is 4.88. The number of halogens is 1. The van der Waals surface area contributed by atoms with Gasteiger partial charge in [0.1, 0.15) is 12.4 Å². The van der Waals surface area contributed by atoms with Crippen molar-refractivity contribution in [3.05, 3.63) is 30.9 Å². The Kier molecular flexibility index (Phi) is 6.22. The molecular weight excluding hydrogens is 264 g/mol. The number of hydrogen-bond acceptors (Lipinski definition) is 1. The van der Waals surface area contributed by atoms with Gasteiger partial charge in [0.2, 0.25) is 16.3 Å². The Balaban J connectivity index is 0.00000144. The summed E-state index contributed by atoms with van der Waals surface area (Å²) < 4.78 is 8.97. The molecule has 1 aromatic heterocycles. The summed E-state index contributed by atoms with van der Waals surface area (Å²) in [5.41, 5.74) is 0. The first-order valence-corrected chi connectivity index (χ1v) is 4.81. The van der Waals surface area contributed by atoms with Crippen LogP contribution in [0.25, 0.3) is 0 Å². The van der Waals surface area contributed by atoms with E-state index in [1.54, 1.807) is 0 Å². The molecule has 3 nitrogen and oxygen atoms in total. The Labute approximate surface area is 94.7 Å². The molecule has 1 aromatic rings. The van der Waals surface area contributed by atoms with E-state index >= 15 is 0 Å². The third-order valence-corrected chi connectivity index (χ3v) is 2.56. The van der Waals surface area contributed by atoms with Crippen LogP contribution in [0.1, 0.15) is 5.82 Å². The zero-order chi connectivity index (χ0) is 8.97. The van der Waals surface area contributed by atoms with E-state index < -0.39 is 0 Å². The zero-order valence-corrected chi connectivity index (χ0v) is 10.9. The molecule has 0 amide bonds. The van der Waals surface area contributed by atoms with Crippen LogP contribution >= 0.6 is 0 Å². The van der Waals surface area contributed by atoms with Crippen LogP contribution in [0.15, 0.2) is 25.0 Å². The highest BCUT2D eigenvalue weighted by Gasteiger charge is 2.13. The lowest BCUT2D eigenvalue weighted by Crippen LogP contribution is -3.00. The van der Waals surface area contributed by atoms with Crippen LogP contribution in [0.3, 0.4) is 0 Å². The molecule has 13 heavy (non-hydrogen) atoms. The van der Waals surface area contributed by atoms with Crippen LogP contribution in [0, 0.1) is 0 Å². The quantitative estimate of drug-likeness (QED) is 0.317. The van der Waals surface area contributed by atoms with Gasteiger partial charge >= 0.3 is 9.92 Å². The summed E-state index contributed by atoms with van der Waals surface area (Å²) in [5, 5.41) is 0. The zero-order valence-electron chi connectivity index (χ0n) is 7.33. The summed E-state index contributed by atoms with van der Waals surface area (Å²) in [7, 11) is 5.27. The first kappa shape index (κ1) is 12.8. The minimum atomic E-state index is 0. The van der Waals surface area contributed by atoms with Gasteiger partial charge in [0.15, 0.2) is 0 Å². The molecule has 0 bridgehead atoms. The average molecular weight is 274 g/mol. The van der Waals surface area contributed by atoms with Crippen molar-refractivity contribution in [1.29, 1.82) is 0 Å². The van der Waals surface area contributed by atoms with Crippen molar-refractivity contribution >= 4 is 20.4 Å². The SMILES string of the molecule is C=CCc1n([Si]O[Si])cc[n+]1C.[Br-]. The van der Waals surface area contributed by atoms with Crippen LogP contribution in [0.2, 0.25) is 0 Å². The summed E-state index contributed by atoms with van der Waals surface area (Å²) in [6.45, 7) is 3.70. The second-order valence-electron chi connectivity index (χ2n) is 2.38. The van der Waals surface area contributed by atoms with Gasteiger partial charge in [-0.3, -0.25) is 4.23 Å². The summed E-state index contributed by atoms with van der Waals surface area (Å²) in [6.07, 6.45) is 6.71. The van der Waals surface area contributed by atoms with Crippen molar-refractivity contribution in [1.82, 2.24) is 4.23 Å². The molecule has 5 radical (unpaired) electrons. The van der Waals surface area contributed by atoms with Gasteiger partial charge in [-0.25, -0.2) is 4.57 Å². The van der Waals surface area contributed by atoms with Gasteiger partial charge in [-0.1, -0.05) is 6.08 Å². The normalized spacial score (nSPS) is 9.38. The van der Waals surface area contributed by atoms with Gasteiger partial charge in [0, 0.05) is 0 Å². The predicted octanol–water partition coefficient (Wildman–Crippen LogP) is -3.47. The Morgan fingerprint density at radius 2 is 2.54 bits per heavy atom. The minimum Gasteiger partial charge on any atom is -1.00 e. The maximum Gasteiger partial charge on any atom is 0.534 e. The molecule has 0 saturated carbocycles. The van der Waals surface area contributed by atoms with Gasteiger partial charge in [0.25, 0.3) is 0 Å². The van der Waals surface area contributed by atoms with E-state index in [0.29, 0.717) is 0 Å². The lowest BCUT2D eigenvalue weighted by molar-refractivity contribution is -0.677. The molecular formula is C7H10BrN2OSi2. The number of hydrogen-bond donors (Lipinski definition) is 0. The Hall–Kier alpha value is -0.176. The van der Waals surface area contributed by atoms with Gasteiger partial charge in [-0.2, -0.15) is 0 Å².